The van der Waals surface area contributed by atoms with Crippen molar-refractivity contribution < 1.29 is 23.9 Å². The summed E-state index contributed by atoms with van der Waals surface area (Å²) in [6, 6.07) is 16.7. The molecule has 0 aliphatic carbocycles. The third-order valence-electron chi connectivity index (χ3n) is 5.67. The van der Waals surface area contributed by atoms with Gasteiger partial charge in [0.25, 0.3) is 17.7 Å². The van der Waals surface area contributed by atoms with Crippen LogP contribution >= 0.6 is 0 Å². The van der Waals surface area contributed by atoms with E-state index in [4.69, 9.17) is 4.74 Å². The van der Waals surface area contributed by atoms with Gasteiger partial charge < -0.3 is 15.0 Å². The van der Waals surface area contributed by atoms with Gasteiger partial charge in [-0.05, 0) is 55.0 Å². The molecule has 0 aromatic heterocycles. The predicted molar refractivity (Wildman–Crippen MR) is 121 cm³/mol. The Kier molecular flexibility index (Phi) is 4.70. The molecular weight excluding hydrogens is 422 g/mol. The van der Waals surface area contributed by atoms with Gasteiger partial charge in [-0.25, -0.2) is 0 Å². The monoisotopic (exact) mass is 441 g/mol. The van der Waals surface area contributed by atoms with Crippen LogP contribution in [0, 0.1) is 6.92 Å². The number of anilines is 2. The number of aryl methyl sites for hydroxylation is 1. The molecule has 0 unspecified atom stereocenters. The summed E-state index contributed by atoms with van der Waals surface area (Å²) in [4.78, 5) is 53.1. The molecule has 2 heterocycles. The number of hydrogen-bond donors (Lipinski definition) is 1. The zero-order valence-corrected chi connectivity index (χ0v) is 17.9. The minimum atomic E-state index is -0.557. The molecule has 1 N–H and O–H groups in total. The van der Waals surface area contributed by atoms with E-state index in [1.54, 1.807) is 49.5 Å². The number of carbonyl (C=O) groups excluding carboxylic acids is 4. The molecule has 3 aromatic rings. The summed E-state index contributed by atoms with van der Waals surface area (Å²) in [5.74, 6) is -0.938. The number of hydrogen-bond acceptors (Lipinski definition) is 5. The summed E-state index contributed by atoms with van der Waals surface area (Å²) in [7, 11) is 1.66. The predicted octanol–water partition coefficient (Wildman–Crippen LogP) is 3.61. The van der Waals surface area contributed by atoms with E-state index in [0.29, 0.717) is 22.9 Å². The molecule has 0 radical (unpaired) electrons. The van der Waals surface area contributed by atoms with Crippen molar-refractivity contribution in [1.29, 1.82) is 0 Å². The van der Waals surface area contributed by atoms with Gasteiger partial charge in [-0.15, -0.1) is 0 Å². The van der Waals surface area contributed by atoms with Gasteiger partial charge in [0.15, 0.2) is 5.75 Å². The van der Waals surface area contributed by atoms with Crippen LogP contribution in [0.15, 0.2) is 60.7 Å². The van der Waals surface area contributed by atoms with Crippen molar-refractivity contribution in [1.82, 2.24) is 4.90 Å². The fraction of sp³-hybridized carbons (Fsp3) is 0.120. The molecule has 5 rings (SSSR count). The molecule has 0 spiro atoms. The number of amides is 4. The molecule has 8 heteroatoms. The van der Waals surface area contributed by atoms with Crippen molar-refractivity contribution in [3.05, 3.63) is 82.9 Å². The smallest absolute Gasteiger partial charge is 0.262 e. The van der Waals surface area contributed by atoms with Crippen LogP contribution < -0.4 is 15.0 Å². The molecule has 0 fully saturated rings. The highest BCUT2D eigenvalue weighted by Gasteiger charge is 2.36. The number of nitrogens with one attached hydrogen (secondary N) is 1. The molecular formula is C25H19N3O5. The highest BCUT2D eigenvalue weighted by atomic mass is 16.5. The Morgan fingerprint density at radius 3 is 2.21 bits per heavy atom. The summed E-state index contributed by atoms with van der Waals surface area (Å²) in [5.41, 5.74) is 2.83. The quantitative estimate of drug-likeness (QED) is 0.627. The number of carbonyl (C=O) groups is 4. The van der Waals surface area contributed by atoms with Gasteiger partial charge in [-0.2, -0.15) is 0 Å². The number of fused-ring (bicyclic) bond motifs is 3. The Morgan fingerprint density at radius 1 is 0.848 bits per heavy atom. The molecule has 0 saturated heterocycles. The average Bonchev–Trinajstić information content (AvgIpc) is 2.99. The lowest BCUT2D eigenvalue weighted by Gasteiger charge is -2.17. The van der Waals surface area contributed by atoms with Crippen LogP contribution in [-0.2, 0) is 4.79 Å². The van der Waals surface area contributed by atoms with E-state index in [0.717, 1.165) is 10.5 Å². The SMILES string of the molecule is Cc1ccc2c(c1)N(C)C(=O)c1cc(NC(=O)CN3C(=O)c4ccccc4C3=O)ccc1O2. The molecule has 8 nitrogen and oxygen atoms in total. The molecule has 3 aromatic carbocycles. The number of ether oxygens (including phenoxy) is 1. The van der Waals surface area contributed by atoms with Crippen molar-refractivity contribution in [3.63, 3.8) is 0 Å². The number of rotatable bonds is 3. The van der Waals surface area contributed by atoms with E-state index in [-0.39, 0.29) is 22.6 Å². The van der Waals surface area contributed by atoms with Gasteiger partial charge in [0.1, 0.15) is 12.3 Å². The van der Waals surface area contributed by atoms with Crippen molar-refractivity contribution >= 4 is 35.0 Å². The summed E-state index contributed by atoms with van der Waals surface area (Å²) in [6.07, 6.45) is 0. The first-order valence-corrected chi connectivity index (χ1v) is 10.3. The van der Waals surface area contributed by atoms with Crippen LogP contribution in [0.5, 0.6) is 11.5 Å². The van der Waals surface area contributed by atoms with Gasteiger partial charge in [-0.3, -0.25) is 24.1 Å². The van der Waals surface area contributed by atoms with Gasteiger partial charge >= 0.3 is 0 Å². The van der Waals surface area contributed by atoms with E-state index < -0.39 is 24.3 Å². The summed E-state index contributed by atoms with van der Waals surface area (Å²) < 4.78 is 5.96. The van der Waals surface area contributed by atoms with Gasteiger partial charge in [0.05, 0.1) is 22.4 Å². The largest absolute Gasteiger partial charge is 0.454 e. The fourth-order valence-corrected chi connectivity index (χ4v) is 3.98. The molecule has 0 bridgehead atoms. The lowest BCUT2D eigenvalue weighted by atomic mass is 10.1. The lowest BCUT2D eigenvalue weighted by Crippen LogP contribution is -2.37. The topological polar surface area (TPSA) is 96.0 Å². The van der Waals surface area contributed by atoms with Crippen LogP contribution in [0.4, 0.5) is 11.4 Å². The molecule has 164 valence electrons. The van der Waals surface area contributed by atoms with E-state index in [1.807, 2.05) is 19.1 Å². The van der Waals surface area contributed by atoms with Gasteiger partial charge in [0.2, 0.25) is 5.91 Å². The van der Waals surface area contributed by atoms with Crippen LogP contribution in [0.3, 0.4) is 0 Å². The fourth-order valence-electron chi connectivity index (χ4n) is 3.98. The number of imide groups is 1. The molecule has 2 aliphatic heterocycles. The number of nitrogens with zero attached hydrogens (tertiary/aromatic N) is 2. The Bertz CT molecular complexity index is 1330. The van der Waals surface area contributed by atoms with Crippen molar-refractivity contribution in [2.24, 2.45) is 0 Å². The maximum atomic E-state index is 13.1. The van der Waals surface area contributed by atoms with E-state index in [2.05, 4.69) is 5.32 Å². The van der Waals surface area contributed by atoms with E-state index in [9.17, 15) is 19.2 Å². The zero-order chi connectivity index (χ0) is 23.3. The van der Waals surface area contributed by atoms with Crippen molar-refractivity contribution in [3.8, 4) is 11.5 Å². The summed E-state index contributed by atoms with van der Waals surface area (Å²) in [6.45, 7) is 1.50. The average molecular weight is 441 g/mol. The van der Waals surface area contributed by atoms with Gasteiger partial charge in [-0.1, -0.05) is 18.2 Å². The minimum absolute atomic E-state index is 0.279. The van der Waals surface area contributed by atoms with Crippen LogP contribution in [-0.4, -0.2) is 42.1 Å². The molecule has 33 heavy (non-hydrogen) atoms. The lowest BCUT2D eigenvalue weighted by molar-refractivity contribution is -0.116. The standard InChI is InChI=1S/C25H19N3O5/c1-14-7-9-21-19(11-14)27(2)23(30)18-12-15(8-10-20(18)33-21)26-22(29)13-28-24(31)16-5-3-4-6-17(16)25(28)32/h3-12H,13H2,1-2H3,(H,26,29). The Hall–Kier alpha value is -4.46. The Labute approximate surface area is 189 Å². The van der Waals surface area contributed by atoms with Gasteiger partial charge in [0, 0.05) is 12.7 Å². The highest BCUT2D eigenvalue weighted by Crippen LogP contribution is 2.39. The first kappa shape index (κ1) is 20.4. The molecule has 0 saturated carbocycles. The van der Waals surface area contributed by atoms with E-state index >= 15 is 0 Å². The minimum Gasteiger partial charge on any atom is -0.454 e. The third-order valence-corrected chi connectivity index (χ3v) is 5.67. The summed E-state index contributed by atoms with van der Waals surface area (Å²) in [5, 5.41) is 2.66. The zero-order valence-electron chi connectivity index (χ0n) is 17.9. The molecule has 4 amide bonds. The molecule has 0 atom stereocenters. The van der Waals surface area contributed by atoms with Crippen molar-refractivity contribution in [2.75, 3.05) is 23.8 Å². The first-order valence-electron chi connectivity index (χ1n) is 10.3. The Balaban J connectivity index is 1.36. The van der Waals surface area contributed by atoms with Crippen LogP contribution in [0.1, 0.15) is 36.6 Å². The van der Waals surface area contributed by atoms with Crippen LogP contribution in [0.2, 0.25) is 0 Å². The second-order valence-electron chi connectivity index (χ2n) is 7.94. The number of benzene rings is 3. The second kappa shape index (κ2) is 7.59. The second-order valence-corrected chi connectivity index (χ2v) is 7.94. The maximum Gasteiger partial charge on any atom is 0.262 e. The highest BCUT2D eigenvalue weighted by molar-refractivity contribution is 6.22. The Morgan fingerprint density at radius 2 is 1.52 bits per heavy atom. The normalized spacial score (nSPS) is 14.3. The van der Waals surface area contributed by atoms with Crippen LogP contribution in [0.25, 0.3) is 0 Å². The maximum absolute atomic E-state index is 13.1. The van der Waals surface area contributed by atoms with Crippen molar-refractivity contribution in [2.45, 2.75) is 6.92 Å². The first-order chi connectivity index (χ1) is 15.8. The van der Waals surface area contributed by atoms with E-state index in [1.165, 1.54) is 11.0 Å². The summed E-state index contributed by atoms with van der Waals surface area (Å²) >= 11 is 0. The molecule has 2 aliphatic rings. The third kappa shape index (κ3) is 3.41.